The summed E-state index contributed by atoms with van der Waals surface area (Å²) in [5.41, 5.74) is 10.6. The molecule has 0 saturated heterocycles. The number of ether oxygens (including phenoxy) is 1. The first-order valence-corrected chi connectivity index (χ1v) is 13.0. The van der Waals surface area contributed by atoms with Gasteiger partial charge < -0.3 is 26.4 Å². The number of aryl methyl sites for hydroxylation is 2. The van der Waals surface area contributed by atoms with E-state index in [2.05, 4.69) is 26.5 Å². The molecule has 6 N–H and O–H groups in total. The molecule has 3 atom stereocenters. The molecule has 1 heterocycles. The van der Waals surface area contributed by atoms with Gasteiger partial charge in [-0.1, -0.05) is 62.4 Å². The normalized spacial score (nSPS) is 16.3. The number of hydrogen-bond acceptors (Lipinski definition) is 6. The third-order valence-electron chi connectivity index (χ3n) is 6.50. The molecule has 208 valence electrons. The topological polar surface area (TPSA) is 164 Å². The number of nitrogens with two attached hydrogens (primary N) is 1. The summed E-state index contributed by atoms with van der Waals surface area (Å²) < 4.78 is 5.28. The SMILES string of the molecule is CC[C@@H](/C=N\NC(N)=O)NC(=O)C(C)CCc1cccc2c1NC(=O)[C@@H](NC(=O)OCc1ccccc1)CC2. The van der Waals surface area contributed by atoms with Gasteiger partial charge in [-0.3, -0.25) is 9.59 Å². The Bertz CT molecular complexity index is 1190. The lowest BCUT2D eigenvalue weighted by atomic mass is 9.96. The maximum atomic E-state index is 13.0. The number of fused-ring (bicyclic) bond motifs is 1. The molecule has 2 aromatic carbocycles. The average molecular weight is 537 g/mol. The molecule has 0 aliphatic carbocycles. The van der Waals surface area contributed by atoms with Crippen molar-refractivity contribution in [2.24, 2.45) is 16.8 Å². The second-order valence-corrected chi connectivity index (χ2v) is 9.46. The number of para-hydroxylation sites is 1. The van der Waals surface area contributed by atoms with Gasteiger partial charge in [-0.15, -0.1) is 0 Å². The van der Waals surface area contributed by atoms with E-state index in [4.69, 9.17) is 10.5 Å². The molecule has 0 spiro atoms. The Hall–Kier alpha value is -4.41. The fourth-order valence-corrected chi connectivity index (χ4v) is 4.18. The van der Waals surface area contributed by atoms with Crippen LogP contribution >= 0.6 is 0 Å². The zero-order valence-corrected chi connectivity index (χ0v) is 22.2. The number of nitrogens with zero attached hydrogens (tertiary/aromatic N) is 1. The second kappa shape index (κ2) is 14.5. The fourth-order valence-electron chi connectivity index (χ4n) is 4.18. The molecule has 3 rings (SSSR count). The summed E-state index contributed by atoms with van der Waals surface area (Å²) in [5.74, 6) is -0.752. The van der Waals surface area contributed by atoms with E-state index in [0.717, 1.165) is 22.4 Å². The molecule has 2 aromatic rings. The minimum absolute atomic E-state index is 0.118. The molecule has 0 fully saturated rings. The zero-order chi connectivity index (χ0) is 28.2. The van der Waals surface area contributed by atoms with Crippen molar-refractivity contribution in [3.05, 3.63) is 65.2 Å². The van der Waals surface area contributed by atoms with Gasteiger partial charge in [-0.05, 0) is 48.8 Å². The predicted octanol–water partition coefficient (Wildman–Crippen LogP) is 2.98. The highest BCUT2D eigenvalue weighted by Crippen LogP contribution is 2.28. The number of hydrazone groups is 1. The van der Waals surface area contributed by atoms with Crippen LogP contribution in [0.4, 0.5) is 15.3 Å². The number of carbonyl (C=O) groups is 4. The van der Waals surface area contributed by atoms with E-state index in [1.54, 1.807) is 0 Å². The van der Waals surface area contributed by atoms with Gasteiger partial charge in [0.25, 0.3) is 0 Å². The summed E-state index contributed by atoms with van der Waals surface area (Å²) in [6, 6.07) is 13.3. The number of rotatable bonds is 11. The monoisotopic (exact) mass is 536 g/mol. The van der Waals surface area contributed by atoms with Crippen molar-refractivity contribution >= 4 is 35.8 Å². The first-order chi connectivity index (χ1) is 18.8. The van der Waals surface area contributed by atoms with Gasteiger partial charge in [-0.2, -0.15) is 5.10 Å². The zero-order valence-electron chi connectivity index (χ0n) is 22.2. The third kappa shape index (κ3) is 9.13. The van der Waals surface area contributed by atoms with Crippen molar-refractivity contribution in [3.8, 4) is 0 Å². The number of amides is 5. The summed E-state index contributed by atoms with van der Waals surface area (Å²) in [6.07, 6.45) is 3.54. The van der Waals surface area contributed by atoms with Crippen molar-refractivity contribution in [1.29, 1.82) is 0 Å². The Labute approximate surface area is 227 Å². The van der Waals surface area contributed by atoms with Crippen molar-refractivity contribution in [2.75, 3.05) is 5.32 Å². The van der Waals surface area contributed by atoms with Crippen LogP contribution in [0.2, 0.25) is 0 Å². The minimum Gasteiger partial charge on any atom is -0.445 e. The lowest BCUT2D eigenvalue weighted by Gasteiger charge is -2.18. The average Bonchev–Trinajstić information content (AvgIpc) is 3.08. The lowest BCUT2D eigenvalue weighted by Crippen LogP contribution is -2.43. The van der Waals surface area contributed by atoms with Crippen LogP contribution in [0.3, 0.4) is 0 Å². The van der Waals surface area contributed by atoms with Crippen molar-refractivity contribution in [2.45, 2.75) is 64.6 Å². The Morgan fingerprint density at radius 3 is 2.67 bits per heavy atom. The van der Waals surface area contributed by atoms with Gasteiger partial charge in [0.15, 0.2) is 0 Å². The first-order valence-electron chi connectivity index (χ1n) is 13.0. The highest BCUT2D eigenvalue weighted by Gasteiger charge is 2.27. The highest BCUT2D eigenvalue weighted by atomic mass is 16.5. The summed E-state index contributed by atoms with van der Waals surface area (Å²) in [5, 5.41) is 12.3. The smallest absolute Gasteiger partial charge is 0.408 e. The molecule has 1 aliphatic heterocycles. The van der Waals surface area contributed by atoms with Crippen molar-refractivity contribution in [1.82, 2.24) is 16.1 Å². The van der Waals surface area contributed by atoms with Crippen LogP contribution in [0.5, 0.6) is 0 Å². The quantitative estimate of drug-likeness (QED) is 0.220. The van der Waals surface area contributed by atoms with Gasteiger partial charge in [0.2, 0.25) is 11.8 Å². The summed E-state index contributed by atoms with van der Waals surface area (Å²) in [7, 11) is 0. The maximum Gasteiger partial charge on any atom is 0.408 e. The van der Waals surface area contributed by atoms with Crippen molar-refractivity contribution < 1.29 is 23.9 Å². The molecular formula is C28H36N6O5. The molecule has 11 nitrogen and oxygen atoms in total. The van der Waals surface area contributed by atoms with Crippen LogP contribution in [0.25, 0.3) is 0 Å². The standard InChI is InChI=1S/C28H36N6O5/c1-3-22(16-30-34-27(29)37)31-25(35)18(2)12-13-20-10-7-11-21-14-15-23(26(36)33-24(20)21)32-28(38)39-17-19-8-5-4-6-9-19/h4-11,16,18,22-23H,3,12-15,17H2,1-2H3,(H,31,35)(H,32,38)(H,33,36)(H3,29,34,37)/b30-16-/t18?,22-,23-/m0/s1. The van der Waals surface area contributed by atoms with Gasteiger partial charge in [0.05, 0.1) is 6.04 Å². The van der Waals surface area contributed by atoms with E-state index in [1.807, 2.05) is 62.4 Å². The maximum absolute atomic E-state index is 13.0. The number of nitrogens with one attached hydrogen (secondary N) is 4. The Morgan fingerprint density at radius 1 is 1.18 bits per heavy atom. The van der Waals surface area contributed by atoms with Crippen LogP contribution in [-0.4, -0.2) is 42.2 Å². The molecular weight excluding hydrogens is 500 g/mol. The molecule has 0 radical (unpaired) electrons. The minimum atomic E-state index is -0.778. The van der Waals surface area contributed by atoms with Gasteiger partial charge in [0.1, 0.15) is 12.6 Å². The number of urea groups is 1. The third-order valence-corrected chi connectivity index (χ3v) is 6.50. The van der Waals surface area contributed by atoms with E-state index in [-0.39, 0.29) is 30.4 Å². The van der Waals surface area contributed by atoms with Crippen LogP contribution in [0, 0.1) is 5.92 Å². The van der Waals surface area contributed by atoms with Crippen LogP contribution in [0.1, 0.15) is 49.8 Å². The van der Waals surface area contributed by atoms with E-state index >= 15 is 0 Å². The Morgan fingerprint density at radius 2 is 1.95 bits per heavy atom. The van der Waals surface area contributed by atoms with Crippen LogP contribution < -0.4 is 27.1 Å². The number of hydrogen-bond donors (Lipinski definition) is 5. The number of carbonyl (C=O) groups excluding carboxylic acids is 4. The predicted molar refractivity (Wildman–Crippen MR) is 148 cm³/mol. The van der Waals surface area contributed by atoms with Crippen LogP contribution in [-0.2, 0) is 33.8 Å². The summed E-state index contributed by atoms with van der Waals surface area (Å²) >= 11 is 0. The largest absolute Gasteiger partial charge is 0.445 e. The number of alkyl carbamates (subject to hydrolysis) is 1. The number of anilines is 1. The Kier molecular flexibility index (Phi) is 10.8. The molecule has 0 bridgehead atoms. The first kappa shape index (κ1) is 29.2. The molecule has 1 unspecified atom stereocenters. The molecule has 39 heavy (non-hydrogen) atoms. The molecule has 0 saturated carbocycles. The van der Waals surface area contributed by atoms with Gasteiger partial charge in [0, 0.05) is 17.8 Å². The van der Waals surface area contributed by atoms with E-state index in [0.29, 0.717) is 32.1 Å². The fraction of sp³-hybridized carbons (Fsp3) is 0.393. The second-order valence-electron chi connectivity index (χ2n) is 9.46. The van der Waals surface area contributed by atoms with Gasteiger partial charge in [-0.25, -0.2) is 15.0 Å². The van der Waals surface area contributed by atoms with E-state index in [9.17, 15) is 19.2 Å². The summed E-state index contributed by atoms with van der Waals surface area (Å²) in [6.45, 7) is 3.84. The Balaban J connectivity index is 1.54. The van der Waals surface area contributed by atoms with Gasteiger partial charge >= 0.3 is 12.1 Å². The lowest BCUT2D eigenvalue weighted by molar-refractivity contribution is -0.125. The molecule has 0 aromatic heterocycles. The molecule has 1 aliphatic rings. The molecule has 5 amide bonds. The highest BCUT2D eigenvalue weighted by molar-refractivity contribution is 5.98. The molecule has 11 heteroatoms. The summed E-state index contributed by atoms with van der Waals surface area (Å²) in [4.78, 5) is 48.8. The van der Waals surface area contributed by atoms with E-state index < -0.39 is 18.2 Å². The number of primary amides is 1. The van der Waals surface area contributed by atoms with E-state index in [1.165, 1.54) is 6.21 Å². The van der Waals surface area contributed by atoms with Crippen LogP contribution in [0.15, 0.2) is 53.6 Å². The van der Waals surface area contributed by atoms with Crippen molar-refractivity contribution in [3.63, 3.8) is 0 Å². The number of benzene rings is 2.